The highest BCUT2D eigenvalue weighted by atomic mass is 16.5. The molecular formula is C35H34N2O4. The van der Waals surface area contributed by atoms with Crippen LogP contribution in [-0.4, -0.2) is 17.8 Å². The minimum absolute atomic E-state index is 0.110. The number of nitrogens with one attached hydrogen (secondary N) is 1. The van der Waals surface area contributed by atoms with Crippen molar-refractivity contribution in [2.24, 2.45) is 17.8 Å². The second-order valence-electron chi connectivity index (χ2n) is 12.5. The van der Waals surface area contributed by atoms with Gasteiger partial charge in [-0.05, 0) is 104 Å². The Labute approximate surface area is 240 Å². The van der Waals surface area contributed by atoms with Crippen LogP contribution in [-0.2, 0) is 21.6 Å². The van der Waals surface area contributed by atoms with Crippen LogP contribution >= 0.6 is 0 Å². The second-order valence-corrected chi connectivity index (χ2v) is 12.5. The first kappa shape index (κ1) is 25.8. The van der Waals surface area contributed by atoms with Crippen LogP contribution in [0.2, 0.25) is 0 Å². The van der Waals surface area contributed by atoms with Crippen LogP contribution < -0.4 is 15.0 Å². The van der Waals surface area contributed by atoms with Gasteiger partial charge >= 0.3 is 6.03 Å². The summed E-state index contributed by atoms with van der Waals surface area (Å²) in [5, 5.41) is 2.35. The Bertz CT molecular complexity index is 1520. The Morgan fingerprint density at radius 3 is 2.15 bits per heavy atom. The van der Waals surface area contributed by atoms with E-state index in [2.05, 4.69) is 17.4 Å². The Balaban J connectivity index is 1.13. The van der Waals surface area contributed by atoms with E-state index in [1.165, 1.54) is 55.7 Å². The molecule has 0 unspecified atom stereocenters. The van der Waals surface area contributed by atoms with E-state index in [0.717, 1.165) is 28.2 Å². The molecule has 1 heterocycles. The second kappa shape index (κ2) is 10.0. The van der Waals surface area contributed by atoms with Crippen molar-refractivity contribution in [1.29, 1.82) is 0 Å². The maximum atomic E-state index is 13.6. The number of urea groups is 1. The Kier molecular flexibility index (Phi) is 6.29. The van der Waals surface area contributed by atoms with Gasteiger partial charge in [0.05, 0.1) is 5.69 Å². The molecule has 0 spiro atoms. The van der Waals surface area contributed by atoms with Crippen molar-refractivity contribution in [3.05, 3.63) is 101 Å². The number of aryl methyl sites for hydroxylation is 1. The number of benzene rings is 3. The van der Waals surface area contributed by atoms with Gasteiger partial charge < -0.3 is 4.74 Å². The average Bonchev–Trinajstić information content (AvgIpc) is 2.95. The van der Waals surface area contributed by atoms with E-state index >= 15 is 0 Å². The molecule has 5 fully saturated rings. The lowest BCUT2D eigenvalue weighted by molar-refractivity contribution is -0.122. The maximum absolute atomic E-state index is 13.6. The van der Waals surface area contributed by atoms with Gasteiger partial charge in [-0.15, -0.1) is 0 Å². The predicted molar refractivity (Wildman–Crippen MR) is 157 cm³/mol. The number of hydrogen-bond donors (Lipinski definition) is 1. The zero-order valence-corrected chi connectivity index (χ0v) is 23.3. The van der Waals surface area contributed by atoms with E-state index in [0.29, 0.717) is 23.6 Å². The van der Waals surface area contributed by atoms with E-state index < -0.39 is 17.8 Å². The lowest BCUT2D eigenvalue weighted by atomic mass is 9.48. The third-order valence-corrected chi connectivity index (χ3v) is 9.61. The molecule has 5 aliphatic rings. The standard InChI is InChI=1S/C35H34N2O4/c1-22-6-8-23(9-7-22)21-41-31-5-3-2-4-27(31)17-30-32(38)36-34(40)37(33(30)39)29-12-10-28(11-13-29)35-18-24-14-25(19-35)16-26(15-24)20-35/h2-13,17,24-26H,14-16,18-21H2,1H3,(H,36,38,40)/b30-17+. The largest absolute Gasteiger partial charge is 0.488 e. The fourth-order valence-electron chi connectivity index (χ4n) is 8.05. The summed E-state index contributed by atoms with van der Waals surface area (Å²) in [5.74, 6) is 1.68. The summed E-state index contributed by atoms with van der Waals surface area (Å²) in [4.78, 5) is 40.4. The number of hydrogen-bond acceptors (Lipinski definition) is 4. The lowest BCUT2D eigenvalue weighted by Gasteiger charge is -2.57. The third kappa shape index (κ3) is 4.75. The van der Waals surface area contributed by atoms with Gasteiger partial charge in [-0.2, -0.15) is 0 Å². The minimum Gasteiger partial charge on any atom is -0.488 e. The molecular weight excluding hydrogens is 512 g/mol. The number of rotatable bonds is 6. The molecule has 0 radical (unpaired) electrons. The van der Waals surface area contributed by atoms with Gasteiger partial charge in [-0.25, -0.2) is 9.69 Å². The Hall–Kier alpha value is -4.19. The van der Waals surface area contributed by atoms with Crippen molar-refractivity contribution in [1.82, 2.24) is 5.32 Å². The highest BCUT2D eigenvalue weighted by molar-refractivity contribution is 6.39. The molecule has 4 bridgehead atoms. The molecule has 1 N–H and O–H groups in total. The Morgan fingerprint density at radius 1 is 0.854 bits per heavy atom. The summed E-state index contributed by atoms with van der Waals surface area (Å²) >= 11 is 0. The zero-order chi connectivity index (χ0) is 28.1. The molecule has 4 saturated carbocycles. The first-order chi connectivity index (χ1) is 19.9. The number of para-hydroxylation sites is 1. The SMILES string of the molecule is Cc1ccc(COc2ccccc2/C=C2\C(=O)NC(=O)N(c3ccc(C45CC6CC(CC(C6)C4)C5)cc3)C2=O)cc1. The van der Waals surface area contributed by atoms with E-state index in [1.54, 1.807) is 12.1 Å². The minimum atomic E-state index is -0.733. The number of ether oxygens (including phenoxy) is 1. The van der Waals surface area contributed by atoms with Gasteiger partial charge in [-0.3, -0.25) is 14.9 Å². The van der Waals surface area contributed by atoms with Crippen molar-refractivity contribution < 1.29 is 19.1 Å². The molecule has 208 valence electrons. The summed E-state index contributed by atoms with van der Waals surface area (Å²) in [6.45, 7) is 2.38. The highest BCUT2D eigenvalue weighted by Crippen LogP contribution is 2.60. The number of imide groups is 2. The van der Waals surface area contributed by atoms with Crippen molar-refractivity contribution in [2.45, 2.75) is 57.5 Å². The van der Waals surface area contributed by atoms with Crippen LogP contribution in [0.4, 0.5) is 10.5 Å². The fraction of sp³-hybridized carbons (Fsp3) is 0.343. The molecule has 0 aromatic heterocycles. The van der Waals surface area contributed by atoms with E-state index in [1.807, 2.05) is 55.5 Å². The highest BCUT2D eigenvalue weighted by Gasteiger charge is 2.51. The number of barbiturate groups is 1. The number of carbonyl (C=O) groups is 3. The zero-order valence-electron chi connectivity index (χ0n) is 23.3. The molecule has 3 aromatic carbocycles. The maximum Gasteiger partial charge on any atom is 0.335 e. The van der Waals surface area contributed by atoms with Crippen molar-refractivity contribution in [2.75, 3.05) is 4.90 Å². The normalized spacial score (nSPS) is 27.8. The molecule has 0 atom stereocenters. The molecule has 4 amide bonds. The van der Waals surface area contributed by atoms with E-state index in [-0.39, 0.29) is 11.0 Å². The molecule has 41 heavy (non-hydrogen) atoms. The first-order valence-corrected chi connectivity index (χ1v) is 14.7. The molecule has 1 aliphatic heterocycles. The number of anilines is 1. The van der Waals surface area contributed by atoms with E-state index in [9.17, 15) is 14.4 Å². The van der Waals surface area contributed by atoms with Crippen LogP contribution in [0.25, 0.3) is 6.08 Å². The summed E-state index contributed by atoms with van der Waals surface area (Å²) in [6, 6.07) is 22.5. The molecule has 6 heteroatoms. The van der Waals surface area contributed by atoms with Crippen LogP contribution in [0.1, 0.15) is 60.8 Å². The van der Waals surface area contributed by atoms with Crippen molar-refractivity contribution in [3.8, 4) is 5.75 Å². The van der Waals surface area contributed by atoms with Gasteiger partial charge in [0, 0.05) is 5.56 Å². The molecule has 6 nitrogen and oxygen atoms in total. The Morgan fingerprint density at radius 2 is 1.49 bits per heavy atom. The van der Waals surface area contributed by atoms with Crippen molar-refractivity contribution >= 4 is 29.6 Å². The molecule has 3 aromatic rings. The van der Waals surface area contributed by atoms with Gasteiger partial charge in [0.25, 0.3) is 11.8 Å². The van der Waals surface area contributed by atoms with Crippen LogP contribution in [0, 0.1) is 24.7 Å². The summed E-state index contributed by atoms with van der Waals surface area (Å²) in [7, 11) is 0. The van der Waals surface area contributed by atoms with E-state index in [4.69, 9.17) is 4.74 Å². The smallest absolute Gasteiger partial charge is 0.335 e. The van der Waals surface area contributed by atoms with Gasteiger partial charge in [0.2, 0.25) is 0 Å². The van der Waals surface area contributed by atoms with Crippen LogP contribution in [0.15, 0.2) is 78.4 Å². The van der Waals surface area contributed by atoms with Crippen LogP contribution in [0.5, 0.6) is 5.75 Å². The fourth-order valence-corrected chi connectivity index (χ4v) is 8.05. The van der Waals surface area contributed by atoms with Gasteiger partial charge in [0.1, 0.15) is 17.9 Å². The van der Waals surface area contributed by atoms with Crippen molar-refractivity contribution in [3.63, 3.8) is 0 Å². The summed E-state index contributed by atoms with van der Waals surface area (Å²) in [6.07, 6.45) is 9.37. The number of nitrogens with zero attached hydrogens (tertiary/aromatic N) is 1. The topological polar surface area (TPSA) is 75.7 Å². The number of carbonyl (C=O) groups excluding carboxylic acids is 3. The van der Waals surface area contributed by atoms with Crippen LogP contribution in [0.3, 0.4) is 0 Å². The summed E-state index contributed by atoms with van der Waals surface area (Å²) < 4.78 is 6.05. The summed E-state index contributed by atoms with van der Waals surface area (Å²) in [5.41, 5.74) is 4.66. The number of amides is 4. The average molecular weight is 547 g/mol. The molecule has 8 rings (SSSR count). The van der Waals surface area contributed by atoms with Gasteiger partial charge in [0.15, 0.2) is 0 Å². The monoisotopic (exact) mass is 546 g/mol. The third-order valence-electron chi connectivity index (χ3n) is 9.61. The predicted octanol–water partition coefficient (Wildman–Crippen LogP) is 6.71. The lowest BCUT2D eigenvalue weighted by Crippen LogP contribution is -2.54. The quantitative estimate of drug-likeness (QED) is 0.276. The van der Waals surface area contributed by atoms with Gasteiger partial charge in [-0.1, -0.05) is 60.2 Å². The molecule has 1 saturated heterocycles. The first-order valence-electron chi connectivity index (χ1n) is 14.7. The molecule has 4 aliphatic carbocycles.